The molecule has 0 saturated heterocycles. The van der Waals surface area contributed by atoms with E-state index >= 15 is 0 Å². The first kappa shape index (κ1) is 14.0. The van der Waals surface area contributed by atoms with Gasteiger partial charge in [-0.05, 0) is 34.5 Å². The van der Waals surface area contributed by atoms with Gasteiger partial charge in [0.05, 0.1) is 18.0 Å². The fraction of sp³-hybridized carbons (Fsp3) is 0.267. The quantitative estimate of drug-likeness (QED) is 0.872. The number of aromatic nitrogens is 1. The van der Waals surface area contributed by atoms with Crippen LogP contribution in [0.1, 0.15) is 18.6 Å². The van der Waals surface area contributed by atoms with Crippen molar-refractivity contribution < 1.29 is 4.74 Å². The van der Waals surface area contributed by atoms with E-state index in [2.05, 4.69) is 38.4 Å². The molecule has 100 valence electrons. The number of nitrogens with zero attached hydrogens (tertiary/aromatic N) is 1. The third-order valence-corrected chi connectivity index (χ3v) is 3.17. The summed E-state index contributed by atoms with van der Waals surface area (Å²) in [7, 11) is 0. The molecule has 1 aromatic carbocycles. The van der Waals surface area contributed by atoms with Gasteiger partial charge in [0.15, 0.2) is 0 Å². The van der Waals surface area contributed by atoms with Crippen molar-refractivity contribution >= 4 is 21.6 Å². The molecular formula is C15H17BrN2O. The van der Waals surface area contributed by atoms with Gasteiger partial charge in [0.25, 0.3) is 0 Å². The van der Waals surface area contributed by atoms with E-state index in [0.29, 0.717) is 6.61 Å². The molecule has 0 spiro atoms. The van der Waals surface area contributed by atoms with Gasteiger partial charge in [0.1, 0.15) is 0 Å². The van der Waals surface area contributed by atoms with Crippen LogP contribution in [-0.2, 0) is 4.74 Å². The Kier molecular flexibility index (Phi) is 5.36. The molecule has 1 aromatic heterocycles. The van der Waals surface area contributed by atoms with E-state index in [-0.39, 0.29) is 6.10 Å². The summed E-state index contributed by atoms with van der Waals surface area (Å²) >= 11 is 3.41. The molecule has 19 heavy (non-hydrogen) atoms. The average Bonchev–Trinajstić information content (AvgIpc) is 2.44. The van der Waals surface area contributed by atoms with Crippen LogP contribution in [0.15, 0.2) is 53.3 Å². The minimum absolute atomic E-state index is 0.0465. The van der Waals surface area contributed by atoms with Gasteiger partial charge in [-0.1, -0.05) is 30.3 Å². The predicted octanol–water partition coefficient (Wildman–Crippen LogP) is 4.03. The van der Waals surface area contributed by atoms with Crippen molar-refractivity contribution in [1.29, 1.82) is 0 Å². The lowest BCUT2D eigenvalue weighted by Crippen LogP contribution is -2.16. The summed E-state index contributed by atoms with van der Waals surface area (Å²) in [6.45, 7) is 3.42. The highest BCUT2D eigenvalue weighted by molar-refractivity contribution is 9.10. The Morgan fingerprint density at radius 2 is 2.05 bits per heavy atom. The zero-order valence-electron chi connectivity index (χ0n) is 10.8. The van der Waals surface area contributed by atoms with Crippen molar-refractivity contribution in [2.24, 2.45) is 0 Å². The van der Waals surface area contributed by atoms with Crippen LogP contribution < -0.4 is 5.32 Å². The molecule has 1 atom stereocenters. The van der Waals surface area contributed by atoms with Gasteiger partial charge in [0, 0.05) is 23.8 Å². The number of ether oxygens (including phenoxy) is 1. The molecule has 0 aliphatic heterocycles. The lowest BCUT2D eigenvalue weighted by atomic mass is 10.1. The molecule has 0 radical (unpaired) electrons. The minimum Gasteiger partial charge on any atom is -0.381 e. The van der Waals surface area contributed by atoms with Crippen LogP contribution in [0.3, 0.4) is 0 Å². The average molecular weight is 321 g/mol. The molecule has 2 rings (SSSR count). The van der Waals surface area contributed by atoms with Crippen molar-refractivity contribution in [1.82, 2.24) is 4.98 Å². The number of halogens is 1. The minimum atomic E-state index is 0.0465. The van der Waals surface area contributed by atoms with E-state index in [4.69, 9.17) is 4.74 Å². The molecule has 0 aliphatic rings. The number of anilines is 1. The fourth-order valence-corrected chi connectivity index (χ4v) is 2.23. The fourth-order valence-electron chi connectivity index (χ4n) is 1.86. The van der Waals surface area contributed by atoms with Crippen molar-refractivity contribution in [2.45, 2.75) is 13.0 Å². The Balaban J connectivity index is 2.01. The molecule has 0 bridgehead atoms. The smallest absolute Gasteiger partial charge is 0.0996 e. The highest BCUT2D eigenvalue weighted by atomic mass is 79.9. The molecule has 0 amide bonds. The largest absolute Gasteiger partial charge is 0.381 e. The second kappa shape index (κ2) is 7.26. The van der Waals surface area contributed by atoms with Crippen LogP contribution in [0, 0.1) is 0 Å². The van der Waals surface area contributed by atoms with Crippen molar-refractivity contribution in [3.63, 3.8) is 0 Å². The second-order valence-corrected chi connectivity index (χ2v) is 5.04. The van der Waals surface area contributed by atoms with Gasteiger partial charge in [-0.3, -0.25) is 4.98 Å². The first-order valence-corrected chi connectivity index (χ1v) is 7.10. The van der Waals surface area contributed by atoms with Crippen LogP contribution in [0.5, 0.6) is 0 Å². The summed E-state index contributed by atoms with van der Waals surface area (Å²) in [5, 5.41) is 3.35. The van der Waals surface area contributed by atoms with Crippen LogP contribution in [-0.4, -0.2) is 18.1 Å². The summed E-state index contributed by atoms with van der Waals surface area (Å²) in [6, 6.07) is 12.2. The van der Waals surface area contributed by atoms with Crippen molar-refractivity contribution in [3.8, 4) is 0 Å². The predicted molar refractivity (Wildman–Crippen MR) is 81.2 cm³/mol. The first-order chi connectivity index (χ1) is 9.29. The normalized spacial score (nSPS) is 12.1. The molecule has 0 aliphatic carbocycles. The van der Waals surface area contributed by atoms with Crippen molar-refractivity contribution in [2.75, 3.05) is 18.5 Å². The zero-order chi connectivity index (χ0) is 13.5. The first-order valence-electron chi connectivity index (χ1n) is 6.30. The maximum atomic E-state index is 5.79. The van der Waals surface area contributed by atoms with Crippen LogP contribution in [0.4, 0.5) is 5.69 Å². The third-order valence-electron chi connectivity index (χ3n) is 2.74. The Morgan fingerprint density at radius 1 is 1.26 bits per heavy atom. The number of rotatable bonds is 6. The van der Waals surface area contributed by atoms with Crippen molar-refractivity contribution in [3.05, 3.63) is 58.8 Å². The summed E-state index contributed by atoms with van der Waals surface area (Å²) in [6.07, 6.45) is 3.62. The molecular weight excluding hydrogens is 304 g/mol. The van der Waals surface area contributed by atoms with E-state index in [1.54, 1.807) is 12.4 Å². The number of hydrogen-bond donors (Lipinski definition) is 1. The summed E-state index contributed by atoms with van der Waals surface area (Å²) in [5.74, 6) is 0. The number of pyridine rings is 1. The van der Waals surface area contributed by atoms with Crippen LogP contribution >= 0.6 is 15.9 Å². The molecule has 3 nitrogen and oxygen atoms in total. The van der Waals surface area contributed by atoms with Gasteiger partial charge in [0.2, 0.25) is 0 Å². The van der Waals surface area contributed by atoms with E-state index < -0.39 is 0 Å². The SMILES string of the molecule is CCOC(CNc1cncc(Br)c1)c1ccccc1. The van der Waals surface area contributed by atoms with E-state index in [9.17, 15) is 0 Å². The van der Waals surface area contributed by atoms with E-state index in [1.165, 1.54) is 5.56 Å². The number of benzene rings is 1. The maximum Gasteiger partial charge on any atom is 0.0996 e. The summed E-state index contributed by atoms with van der Waals surface area (Å²) in [5.41, 5.74) is 2.16. The van der Waals surface area contributed by atoms with Crippen LogP contribution in [0.2, 0.25) is 0 Å². The van der Waals surface area contributed by atoms with Gasteiger partial charge in [-0.15, -0.1) is 0 Å². The molecule has 4 heteroatoms. The van der Waals surface area contributed by atoms with E-state index in [0.717, 1.165) is 16.7 Å². The maximum absolute atomic E-state index is 5.79. The monoisotopic (exact) mass is 320 g/mol. The van der Waals surface area contributed by atoms with Gasteiger partial charge in [-0.2, -0.15) is 0 Å². The molecule has 0 saturated carbocycles. The highest BCUT2D eigenvalue weighted by Crippen LogP contribution is 2.19. The Hall–Kier alpha value is -1.39. The lowest BCUT2D eigenvalue weighted by Gasteiger charge is -2.18. The lowest BCUT2D eigenvalue weighted by molar-refractivity contribution is 0.0719. The Morgan fingerprint density at radius 3 is 2.74 bits per heavy atom. The molecule has 0 fully saturated rings. The topological polar surface area (TPSA) is 34.1 Å². The zero-order valence-corrected chi connectivity index (χ0v) is 12.4. The third kappa shape index (κ3) is 4.33. The second-order valence-electron chi connectivity index (χ2n) is 4.13. The van der Waals surface area contributed by atoms with E-state index in [1.807, 2.05) is 31.2 Å². The standard InChI is InChI=1S/C15H17BrN2O/c1-2-19-15(12-6-4-3-5-7-12)11-18-14-8-13(16)9-17-10-14/h3-10,15,18H,2,11H2,1H3. The van der Waals surface area contributed by atoms with Gasteiger partial charge in [-0.25, -0.2) is 0 Å². The summed E-state index contributed by atoms with van der Waals surface area (Å²) in [4.78, 5) is 4.13. The number of hydrogen-bond acceptors (Lipinski definition) is 3. The number of nitrogens with one attached hydrogen (secondary N) is 1. The molecule has 1 unspecified atom stereocenters. The summed E-state index contributed by atoms with van der Waals surface area (Å²) < 4.78 is 6.75. The molecule has 1 N–H and O–H groups in total. The van der Waals surface area contributed by atoms with Gasteiger partial charge < -0.3 is 10.1 Å². The molecule has 1 heterocycles. The Labute approximate surface area is 122 Å². The molecule has 2 aromatic rings. The Bertz CT molecular complexity index is 505. The van der Waals surface area contributed by atoms with Gasteiger partial charge >= 0.3 is 0 Å². The van der Waals surface area contributed by atoms with Crippen LogP contribution in [0.25, 0.3) is 0 Å². The highest BCUT2D eigenvalue weighted by Gasteiger charge is 2.10.